The molecule has 1 saturated heterocycles. The Morgan fingerprint density at radius 1 is 1.11 bits per heavy atom. The Labute approximate surface area is 159 Å². The molecule has 0 N–H and O–H groups in total. The van der Waals surface area contributed by atoms with Gasteiger partial charge in [0.1, 0.15) is 5.69 Å². The van der Waals surface area contributed by atoms with Crippen LogP contribution in [0.2, 0.25) is 0 Å². The Hall–Kier alpha value is -2.97. The first kappa shape index (κ1) is 17.4. The lowest BCUT2D eigenvalue weighted by Gasteiger charge is -2.31. The molecule has 4 rings (SSSR count). The minimum Gasteiger partial charge on any atom is -0.299 e. The third-order valence-electron chi connectivity index (χ3n) is 5.32. The van der Waals surface area contributed by atoms with E-state index in [1.54, 1.807) is 0 Å². The third-order valence-corrected chi connectivity index (χ3v) is 5.32. The highest BCUT2D eigenvalue weighted by atomic mass is 15.4. The number of piperidine rings is 1. The van der Waals surface area contributed by atoms with Gasteiger partial charge in [-0.25, -0.2) is 4.68 Å². The predicted molar refractivity (Wildman–Crippen MR) is 105 cm³/mol. The molecule has 0 spiro atoms. The number of benzene rings is 2. The SMILES string of the molecule is Cc1ccccc1-c1cn(C2CCN(Cc3cccc(C#N)c3)CC2)nn1. The molecule has 3 aromatic rings. The van der Waals surface area contributed by atoms with Gasteiger partial charge in [0.25, 0.3) is 0 Å². The van der Waals surface area contributed by atoms with Crippen molar-refractivity contribution in [2.24, 2.45) is 0 Å². The van der Waals surface area contributed by atoms with E-state index in [9.17, 15) is 0 Å². The molecule has 1 aliphatic heterocycles. The molecule has 0 atom stereocenters. The van der Waals surface area contributed by atoms with Gasteiger partial charge < -0.3 is 0 Å². The number of likely N-dealkylation sites (tertiary alicyclic amines) is 1. The lowest BCUT2D eigenvalue weighted by atomic mass is 10.0. The average Bonchev–Trinajstić information content (AvgIpc) is 3.19. The molecule has 136 valence electrons. The molecule has 1 fully saturated rings. The smallest absolute Gasteiger partial charge is 0.113 e. The lowest BCUT2D eigenvalue weighted by molar-refractivity contribution is 0.172. The van der Waals surface area contributed by atoms with Crippen molar-refractivity contribution in [1.29, 1.82) is 5.26 Å². The second-order valence-electron chi connectivity index (χ2n) is 7.22. The number of nitrogens with zero attached hydrogens (tertiary/aromatic N) is 5. The summed E-state index contributed by atoms with van der Waals surface area (Å²) in [5.74, 6) is 0. The van der Waals surface area contributed by atoms with Gasteiger partial charge in [0.15, 0.2) is 0 Å². The van der Waals surface area contributed by atoms with E-state index in [2.05, 4.69) is 52.6 Å². The van der Waals surface area contributed by atoms with E-state index in [0.717, 1.165) is 49.3 Å². The van der Waals surface area contributed by atoms with Crippen molar-refractivity contribution in [3.63, 3.8) is 0 Å². The first-order chi connectivity index (χ1) is 13.2. The third kappa shape index (κ3) is 3.91. The number of nitriles is 1. The summed E-state index contributed by atoms with van der Waals surface area (Å²) in [5, 5.41) is 17.8. The Morgan fingerprint density at radius 2 is 1.93 bits per heavy atom. The molecule has 2 heterocycles. The highest BCUT2D eigenvalue weighted by Crippen LogP contribution is 2.26. The van der Waals surface area contributed by atoms with Crippen molar-refractivity contribution in [3.05, 3.63) is 71.4 Å². The molecule has 0 saturated carbocycles. The molecule has 0 unspecified atom stereocenters. The molecule has 0 aliphatic carbocycles. The zero-order chi connectivity index (χ0) is 18.6. The van der Waals surface area contributed by atoms with Gasteiger partial charge in [-0.2, -0.15) is 5.26 Å². The van der Waals surface area contributed by atoms with Crippen molar-refractivity contribution in [2.75, 3.05) is 13.1 Å². The molecule has 5 heteroatoms. The summed E-state index contributed by atoms with van der Waals surface area (Å²) in [6.07, 6.45) is 4.21. The number of rotatable bonds is 4. The normalized spacial score (nSPS) is 15.6. The monoisotopic (exact) mass is 357 g/mol. The summed E-state index contributed by atoms with van der Waals surface area (Å²) in [6.45, 7) is 5.06. The molecule has 1 aromatic heterocycles. The Morgan fingerprint density at radius 3 is 2.70 bits per heavy atom. The van der Waals surface area contributed by atoms with Crippen LogP contribution in [0.3, 0.4) is 0 Å². The number of aromatic nitrogens is 3. The van der Waals surface area contributed by atoms with E-state index in [0.29, 0.717) is 6.04 Å². The fourth-order valence-corrected chi connectivity index (χ4v) is 3.78. The minimum atomic E-state index is 0.400. The van der Waals surface area contributed by atoms with Gasteiger partial charge in [-0.05, 0) is 43.0 Å². The molecule has 2 aromatic carbocycles. The standard InChI is InChI=1S/C22H23N5/c1-17-5-2-3-8-21(17)22-16-27(25-24-22)20-9-11-26(12-10-20)15-19-7-4-6-18(13-19)14-23/h2-8,13,16,20H,9-12,15H2,1H3. The molecular formula is C22H23N5. The van der Waals surface area contributed by atoms with Crippen molar-refractivity contribution in [3.8, 4) is 17.3 Å². The Balaban J connectivity index is 1.38. The van der Waals surface area contributed by atoms with E-state index in [-0.39, 0.29) is 0 Å². The number of hydrogen-bond acceptors (Lipinski definition) is 4. The number of aryl methyl sites for hydroxylation is 1. The highest BCUT2D eigenvalue weighted by molar-refractivity contribution is 5.61. The first-order valence-electron chi connectivity index (χ1n) is 9.42. The van der Waals surface area contributed by atoms with Crippen LogP contribution in [0.5, 0.6) is 0 Å². The highest BCUT2D eigenvalue weighted by Gasteiger charge is 2.22. The molecule has 0 amide bonds. The Bertz CT molecular complexity index is 961. The van der Waals surface area contributed by atoms with E-state index in [1.165, 1.54) is 11.1 Å². The van der Waals surface area contributed by atoms with Crippen LogP contribution in [0.1, 0.15) is 35.6 Å². The summed E-state index contributed by atoms with van der Waals surface area (Å²) < 4.78 is 2.04. The van der Waals surface area contributed by atoms with Crippen LogP contribution < -0.4 is 0 Å². The van der Waals surface area contributed by atoms with Gasteiger partial charge in [-0.3, -0.25) is 4.90 Å². The van der Waals surface area contributed by atoms with Gasteiger partial charge in [0.2, 0.25) is 0 Å². The summed E-state index contributed by atoms with van der Waals surface area (Å²) in [4.78, 5) is 2.45. The van der Waals surface area contributed by atoms with E-state index in [1.807, 2.05) is 35.0 Å². The average molecular weight is 357 g/mol. The van der Waals surface area contributed by atoms with Crippen LogP contribution in [0.15, 0.2) is 54.7 Å². The van der Waals surface area contributed by atoms with Crippen LogP contribution in [-0.2, 0) is 6.54 Å². The molecule has 5 nitrogen and oxygen atoms in total. The van der Waals surface area contributed by atoms with Crippen LogP contribution in [0.4, 0.5) is 0 Å². The van der Waals surface area contributed by atoms with Gasteiger partial charge in [-0.1, -0.05) is 41.6 Å². The second kappa shape index (κ2) is 7.73. The predicted octanol–water partition coefficient (Wildman–Crippen LogP) is 3.96. The van der Waals surface area contributed by atoms with Crippen molar-refractivity contribution in [2.45, 2.75) is 32.4 Å². The molecule has 1 aliphatic rings. The maximum absolute atomic E-state index is 9.05. The second-order valence-corrected chi connectivity index (χ2v) is 7.22. The quantitative estimate of drug-likeness (QED) is 0.709. The topological polar surface area (TPSA) is 57.7 Å². The summed E-state index contributed by atoms with van der Waals surface area (Å²) in [7, 11) is 0. The molecular weight excluding hydrogens is 334 g/mol. The summed E-state index contributed by atoms with van der Waals surface area (Å²) >= 11 is 0. The van der Waals surface area contributed by atoms with Crippen LogP contribution in [0.25, 0.3) is 11.3 Å². The maximum atomic E-state index is 9.05. The van der Waals surface area contributed by atoms with Crippen LogP contribution in [-0.4, -0.2) is 33.0 Å². The summed E-state index contributed by atoms with van der Waals surface area (Å²) in [6, 6.07) is 18.8. The summed E-state index contributed by atoms with van der Waals surface area (Å²) in [5.41, 5.74) is 5.25. The fourth-order valence-electron chi connectivity index (χ4n) is 3.78. The first-order valence-corrected chi connectivity index (χ1v) is 9.42. The zero-order valence-corrected chi connectivity index (χ0v) is 15.5. The van der Waals surface area contributed by atoms with Crippen molar-refractivity contribution < 1.29 is 0 Å². The van der Waals surface area contributed by atoms with Crippen LogP contribution in [0, 0.1) is 18.3 Å². The fraction of sp³-hybridized carbons (Fsp3) is 0.318. The molecule has 0 radical (unpaired) electrons. The van der Waals surface area contributed by atoms with Crippen molar-refractivity contribution >= 4 is 0 Å². The van der Waals surface area contributed by atoms with Gasteiger partial charge >= 0.3 is 0 Å². The lowest BCUT2D eigenvalue weighted by Crippen LogP contribution is -2.34. The molecule has 0 bridgehead atoms. The zero-order valence-electron chi connectivity index (χ0n) is 15.5. The van der Waals surface area contributed by atoms with Crippen LogP contribution >= 0.6 is 0 Å². The van der Waals surface area contributed by atoms with E-state index >= 15 is 0 Å². The Kier molecular flexibility index (Phi) is 4.99. The maximum Gasteiger partial charge on any atom is 0.113 e. The van der Waals surface area contributed by atoms with Gasteiger partial charge in [0, 0.05) is 25.2 Å². The van der Waals surface area contributed by atoms with Crippen molar-refractivity contribution in [1.82, 2.24) is 19.9 Å². The van der Waals surface area contributed by atoms with Gasteiger partial charge in [-0.15, -0.1) is 5.10 Å². The van der Waals surface area contributed by atoms with Gasteiger partial charge in [0.05, 0.1) is 23.9 Å². The molecule has 27 heavy (non-hydrogen) atoms. The van der Waals surface area contributed by atoms with E-state index < -0.39 is 0 Å². The largest absolute Gasteiger partial charge is 0.299 e. The van der Waals surface area contributed by atoms with E-state index in [4.69, 9.17) is 5.26 Å². The number of hydrogen-bond donors (Lipinski definition) is 0. The minimum absolute atomic E-state index is 0.400.